The largest absolute Gasteiger partial charge is 0.0751 e. The molecule has 0 bridgehead atoms. The van der Waals surface area contributed by atoms with Gasteiger partial charge in [-0.25, -0.2) is 0 Å². The van der Waals surface area contributed by atoms with Gasteiger partial charge in [0.05, 0.1) is 0 Å². The SMILES string of the molecule is Cc1ccc(C2=CC=CC(C)(C)C=C2)cc1. The van der Waals surface area contributed by atoms with Crippen molar-refractivity contribution in [3.05, 3.63) is 65.8 Å². The predicted molar refractivity (Wildman–Crippen MR) is 71.2 cm³/mol. The van der Waals surface area contributed by atoms with Crippen LogP contribution in [0.4, 0.5) is 0 Å². The van der Waals surface area contributed by atoms with Gasteiger partial charge in [0.25, 0.3) is 0 Å². The molecule has 0 amide bonds. The van der Waals surface area contributed by atoms with Gasteiger partial charge in [-0.15, -0.1) is 0 Å². The molecule has 0 unspecified atom stereocenters. The molecule has 0 saturated heterocycles. The molecule has 0 atom stereocenters. The summed E-state index contributed by atoms with van der Waals surface area (Å²) in [5, 5.41) is 0. The van der Waals surface area contributed by atoms with Gasteiger partial charge in [0.2, 0.25) is 0 Å². The van der Waals surface area contributed by atoms with Gasteiger partial charge in [0.1, 0.15) is 0 Å². The van der Waals surface area contributed by atoms with Crippen LogP contribution in [0.25, 0.3) is 5.57 Å². The van der Waals surface area contributed by atoms with Crippen LogP contribution in [0.1, 0.15) is 25.0 Å². The maximum absolute atomic E-state index is 2.25. The Morgan fingerprint density at radius 3 is 2.31 bits per heavy atom. The number of benzene rings is 1. The third-order valence-electron chi connectivity index (χ3n) is 2.88. The molecule has 0 heterocycles. The maximum Gasteiger partial charge on any atom is 0.00109 e. The molecule has 0 aliphatic heterocycles. The average molecular weight is 210 g/mol. The lowest BCUT2D eigenvalue weighted by atomic mass is 9.93. The molecule has 1 aliphatic rings. The fourth-order valence-electron chi connectivity index (χ4n) is 1.75. The average Bonchev–Trinajstić information content (AvgIpc) is 2.41. The zero-order valence-electron chi connectivity index (χ0n) is 10.2. The maximum atomic E-state index is 2.25. The summed E-state index contributed by atoms with van der Waals surface area (Å²) in [4.78, 5) is 0. The van der Waals surface area contributed by atoms with Crippen LogP contribution in [0.3, 0.4) is 0 Å². The van der Waals surface area contributed by atoms with E-state index < -0.39 is 0 Å². The molecular formula is C16H18. The smallest absolute Gasteiger partial charge is 0.00109 e. The minimum Gasteiger partial charge on any atom is -0.0751 e. The van der Waals surface area contributed by atoms with Gasteiger partial charge in [-0.2, -0.15) is 0 Å². The predicted octanol–water partition coefficient (Wildman–Crippen LogP) is 4.53. The highest BCUT2D eigenvalue weighted by Crippen LogP contribution is 2.26. The summed E-state index contributed by atoms with van der Waals surface area (Å²) in [6, 6.07) is 8.67. The molecule has 0 aromatic heterocycles. The van der Waals surface area contributed by atoms with Crippen LogP contribution in [-0.4, -0.2) is 0 Å². The lowest BCUT2D eigenvalue weighted by Crippen LogP contribution is -2.00. The molecule has 0 nitrogen and oxygen atoms in total. The van der Waals surface area contributed by atoms with E-state index in [1.165, 1.54) is 16.7 Å². The van der Waals surface area contributed by atoms with Crippen molar-refractivity contribution in [2.45, 2.75) is 20.8 Å². The lowest BCUT2D eigenvalue weighted by molar-refractivity contribution is 0.627. The van der Waals surface area contributed by atoms with Gasteiger partial charge >= 0.3 is 0 Å². The van der Waals surface area contributed by atoms with E-state index in [9.17, 15) is 0 Å². The Hall–Kier alpha value is -1.56. The van der Waals surface area contributed by atoms with Crippen LogP contribution in [-0.2, 0) is 0 Å². The Labute approximate surface area is 98.0 Å². The number of hydrogen-bond donors (Lipinski definition) is 0. The van der Waals surface area contributed by atoms with E-state index in [0.29, 0.717) is 0 Å². The molecule has 0 radical (unpaired) electrons. The first kappa shape index (κ1) is 10.9. The van der Waals surface area contributed by atoms with E-state index >= 15 is 0 Å². The summed E-state index contributed by atoms with van der Waals surface area (Å²) >= 11 is 0. The van der Waals surface area contributed by atoms with Gasteiger partial charge in [-0.05, 0) is 18.1 Å². The van der Waals surface area contributed by atoms with E-state index in [-0.39, 0.29) is 5.41 Å². The second-order valence-electron chi connectivity index (χ2n) is 5.00. The van der Waals surface area contributed by atoms with Crippen molar-refractivity contribution in [1.29, 1.82) is 0 Å². The van der Waals surface area contributed by atoms with Crippen molar-refractivity contribution >= 4 is 5.57 Å². The second-order valence-corrected chi connectivity index (χ2v) is 5.00. The summed E-state index contributed by atoms with van der Waals surface area (Å²) < 4.78 is 0. The monoisotopic (exact) mass is 210 g/mol. The normalized spacial score (nSPS) is 18.1. The Morgan fingerprint density at radius 1 is 0.938 bits per heavy atom. The number of allylic oxidation sites excluding steroid dienone is 6. The molecular weight excluding hydrogens is 192 g/mol. The zero-order valence-corrected chi connectivity index (χ0v) is 10.2. The highest BCUT2D eigenvalue weighted by atomic mass is 14.2. The summed E-state index contributed by atoms with van der Waals surface area (Å²) in [5.74, 6) is 0. The molecule has 1 aromatic carbocycles. The van der Waals surface area contributed by atoms with Crippen LogP contribution in [0, 0.1) is 12.3 Å². The molecule has 16 heavy (non-hydrogen) atoms. The number of hydrogen-bond acceptors (Lipinski definition) is 0. The molecule has 2 rings (SSSR count). The molecule has 0 fully saturated rings. The van der Waals surface area contributed by atoms with Gasteiger partial charge < -0.3 is 0 Å². The standard InChI is InChI=1S/C16H18/c1-13-6-8-15(9-7-13)14-5-4-11-16(2,3)12-10-14/h4-12H,1-3H3. The molecule has 1 aromatic rings. The van der Waals surface area contributed by atoms with Crippen LogP contribution >= 0.6 is 0 Å². The van der Waals surface area contributed by atoms with Crippen LogP contribution < -0.4 is 0 Å². The molecule has 0 spiro atoms. The van der Waals surface area contributed by atoms with E-state index in [0.717, 1.165) is 0 Å². The molecule has 82 valence electrons. The Balaban J connectivity index is 2.33. The summed E-state index contributed by atoms with van der Waals surface area (Å²) in [7, 11) is 0. The van der Waals surface area contributed by atoms with Gasteiger partial charge in [-0.1, -0.05) is 74.1 Å². The summed E-state index contributed by atoms with van der Waals surface area (Å²) in [6.45, 7) is 6.54. The lowest BCUT2D eigenvalue weighted by Gasteiger charge is -2.12. The van der Waals surface area contributed by atoms with E-state index in [4.69, 9.17) is 0 Å². The van der Waals surface area contributed by atoms with Crippen LogP contribution in [0.15, 0.2) is 54.6 Å². The Bertz CT molecular complexity index is 453. The first-order valence-corrected chi connectivity index (χ1v) is 5.73. The van der Waals surface area contributed by atoms with E-state index in [1.54, 1.807) is 0 Å². The van der Waals surface area contributed by atoms with Crippen molar-refractivity contribution < 1.29 is 0 Å². The second kappa shape index (κ2) is 4.13. The Morgan fingerprint density at radius 2 is 1.62 bits per heavy atom. The molecule has 0 saturated carbocycles. The quantitative estimate of drug-likeness (QED) is 0.638. The molecule has 0 heteroatoms. The fraction of sp³-hybridized carbons (Fsp3) is 0.250. The summed E-state index contributed by atoms with van der Waals surface area (Å²) in [5.41, 5.74) is 4.02. The Kier molecular flexibility index (Phi) is 2.82. The van der Waals surface area contributed by atoms with Gasteiger partial charge in [0, 0.05) is 5.41 Å². The molecule has 0 N–H and O–H groups in total. The van der Waals surface area contributed by atoms with Crippen molar-refractivity contribution in [3.8, 4) is 0 Å². The number of aryl methyl sites for hydroxylation is 1. The minimum atomic E-state index is 0.156. The number of rotatable bonds is 1. The van der Waals surface area contributed by atoms with Crippen molar-refractivity contribution in [2.75, 3.05) is 0 Å². The van der Waals surface area contributed by atoms with E-state index in [1.807, 2.05) is 0 Å². The first-order chi connectivity index (χ1) is 7.57. The summed E-state index contributed by atoms with van der Waals surface area (Å²) in [6.07, 6.45) is 11.0. The molecule has 1 aliphatic carbocycles. The minimum absolute atomic E-state index is 0.156. The fourth-order valence-corrected chi connectivity index (χ4v) is 1.75. The van der Waals surface area contributed by atoms with Crippen molar-refractivity contribution in [2.24, 2.45) is 5.41 Å². The first-order valence-electron chi connectivity index (χ1n) is 5.73. The van der Waals surface area contributed by atoms with Gasteiger partial charge in [-0.3, -0.25) is 0 Å². The highest BCUT2D eigenvalue weighted by Gasteiger charge is 2.10. The topological polar surface area (TPSA) is 0 Å². The third kappa shape index (κ3) is 2.52. The van der Waals surface area contributed by atoms with Crippen LogP contribution in [0.2, 0.25) is 0 Å². The third-order valence-corrected chi connectivity index (χ3v) is 2.88. The highest BCUT2D eigenvalue weighted by molar-refractivity contribution is 5.76. The zero-order chi connectivity index (χ0) is 11.6. The van der Waals surface area contributed by atoms with Crippen LogP contribution in [0.5, 0.6) is 0 Å². The van der Waals surface area contributed by atoms with E-state index in [2.05, 4.69) is 75.4 Å². The van der Waals surface area contributed by atoms with Crippen molar-refractivity contribution in [3.63, 3.8) is 0 Å². The van der Waals surface area contributed by atoms with Gasteiger partial charge in [0.15, 0.2) is 0 Å². The van der Waals surface area contributed by atoms with Crippen molar-refractivity contribution in [1.82, 2.24) is 0 Å².